The molecular formula is C11H13NO. The molecule has 0 fully saturated rings. The maximum atomic E-state index is 5.65. The van der Waals surface area contributed by atoms with Crippen molar-refractivity contribution >= 4 is 0 Å². The molecule has 2 nitrogen and oxygen atoms in total. The van der Waals surface area contributed by atoms with Gasteiger partial charge in [-0.25, -0.2) is 0 Å². The highest BCUT2D eigenvalue weighted by atomic mass is 16.5. The van der Waals surface area contributed by atoms with E-state index in [9.17, 15) is 0 Å². The van der Waals surface area contributed by atoms with Crippen LogP contribution < -0.4 is 10.1 Å². The topological polar surface area (TPSA) is 21.3 Å². The van der Waals surface area contributed by atoms with Crippen LogP contribution in [-0.2, 0) is 6.42 Å². The quantitative estimate of drug-likeness (QED) is 0.706. The summed E-state index contributed by atoms with van der Waals surface area (Å²) in [6, 6.07) is 8.14. The summed E-state index contributed by atoms with van der Waals surface area (Å²) in [5.74, 6) is 1.00. The SMILES string of the molecule is C=CCNC1Cc2ccccc2O1. The first-order valence-electron chi connectivity index (χ1n) is 4.49. The fraction of sp³-hybridized carbons (Fsp3) is 0.273. The molecule has 0 amide bonds. The Balaban J connectivity index is 2.01. The Kier molecular flexibility index (Phi) is 2.32. The molecule has 68 valence electrons. The molecule has 0 radical (unpaired) electrons. The van der Waals surface area contributed by atoms with E-state index in [-0.39, 0.29) is 6.23 Å². The molecule has 1 atom stereocenters. The van der Waals surface area contributed by atoms with E-state index in [0.29, 0.717) is 0 Å². The van der Waals surface area contributed by atoms with Gasteiger partial charge in [-0.05, 0) is 11.6 Å². The van der Waals surface area contributed by atoms with E-state index in [1.54, 1.807) is 0 Å². The molecule has 2 heteroatoms. The molecule has 2 rings (SSSR count). The van der Waals surface area contributed by atoms with Crippen LogP contribution in [0.5, 0.6) is 5.75 Å². The molecular weight excluding hydrogens is 162 g/mol. The first-order chi connectivity index (χ1) is 6.40. The van der Waals surface area contributed by atoms with E-state index < -0.39 is 0 Å². The van der Waals surface area contributed by atoms with E-state index in [0.717, 1.165) is 18.7 Å². The van der Waals surface area contributed by atoms with E-state index in [4.69, 9.17) is 4.74 Å². The number of hydrogen-bond donors (Lipinski definition) is 1. The zero-order chi connectivity index (χ0) is 9.10. The highest BCUT2D eigenvalue weighted by Gasteiger charge is 2.20. The maximum Gasteiger partial charge on any atom is 0.154 e. The molecule has 0 aliphatic carbocycles. The number of fused-ring (bicyclic) bond motifs is 1. The Morgan fingerprint density at radius 3 is 3.15 bits per heavy atom. The predicted molar refractivity (Wildman–Crippen MR) is 52.8 cm³/mol. The fourth-order valence-corrected chi connectivity index (χ4v) is 1.51. The monoisotopic (exact) mass is 175 g/mol. The summed E-state index contributed by atoms with van der Waals surface area (Å²) in [6.07, 6.45) is 2.91. The lowest BCUT2D eigenvalue weighted by Crippen LogP contribution is -2.32. The van der Waals surface area contributed by atoms with Gasteiger partial charge in [0.1, 0.15) is 5.75 Å². The largest absolute Gasteiger partial charge is 0.475 e. The van der Waals surface area contributed by atoms with Crippen LogP contribution >= 0.6 is 0 Å². The molecule has 0 saturated heterocycles. The third kappa shape index (κ3) is 1.73. The van der Waals surface area contributed by atoms with Gasteiger partial charge in [0.25, 0.3) is 0 Å². The van der Waals surface area contributed by atoms with Crippen molar-refractivity contribution in [2.45, 2.75) is 12.6 Å². The average Bonchev–Trinajstić information content (AvgIpc) is 2.57. The van der Waals surface area contributed by atoms with Crippen LogP contribution in [0.1, 0.15) is 5.56 Å². The normalized spacial score (nSPS) is 19.2. The number of rotatable bonds is 3. The van der Waals surface area contributed by atoms with Crippen LogP contribution in [0.15, 0.2) is 36.9 Å². The number of hydrogen-bond acceptors (Lipinski definition) is 2. The van der Waals surface area contributed by atoms with Gasteiger partial charge >= 0.3 is 0 Å². The minimum atomic E-state index is 0.121. The minimum absolute atomic E-state index is 0.121. The third-order valence-corrected chi connectivity index (χ3v) is 2.14. The maximum absolute atomic E-state index is 5.65. The van der Waals surface area contributed by atoms with E-state index in [1.165, 1.54) is 5.56 Å². The lowest BCUT2D eigenvalue weighted by Gasteiger charge is -2.10. The Bertz CT molecular complexity index is 284. The van der Waals surface area contributed by atoms with Crippen molar-refractivity contribution in [1.82, 2.24) is 5.32 Å². The molecule has 0 saturated carbocycles. The molecule has 1 aliphatic heterocycles. The first kappa shape index (κ1) is 8.32. The predicted octanol–water partition coefficient (Wildman–Crippen LogP) is 1.72. The van der Waals surface area contributed by atoms with Crippen LogP contribution in [0.2, 0.25) is 0 Å². The highest BCUT2D eigenvalue weighted by Crippen LogP contribution is 2.26. The number of benzene rings is 1. The minimum Gasteiger partial charge on any atom is -0.475 e. The lowest BCUT2D eigenvalue weighted by molar-refractivity contribution is 0.197. The van der Waals surface area contributed by atoms with Gasteiger partial charge in [0, 0.05) is 13.0 Å². The van der Waals surface area contributed by atoms with Crippen molar-refractivity contribution in [3.05, 3.63) is 42.5 Å². The van der Waals surface area contributed by atoms with Crippen molar-refractivity contribution < 1.29 is 4.74 Å². The molecule has 1 heterocycles. The Morgan fingerprint density at radius 1 is 1.54 bits per heavy atom. The van der Waals surface area contributed by atoms with Gasteiger partial charge in [0.2, 0.25) is 0 Å². The second-order valence-electron chi connectivity index (χ2n) is 3.12. The molecule has 1 aromatic rings. The summed E-state index contributed by atoms with van der Waals surface area (Å²) in [5, 5.41) is 3.24. The zero-order valence-electron chi connectivity index (χ0n) is 7.49. The van der Waals surface area contributed by atoms with Crippen molar-refractivity contribution in [3.8, 4) is 5.75 Å². The number of ether oxygens (including phenoxy) is 1. The number of nitrogens with one attached hydrogen (secondary N) is 1. The highest BCUT2D eigenvalue weighted by molar-refractivity contribution is 5.36. The van der Waals surface area contributed by atoms with E-state index >= 15 is 0 Å². The van der Waals surface area contributed by atoms with Crippen LogP contribution in [0.3, 0.4) is 0 Å². The van der Waals surface area contributed by atoms with Gasteiger partial charge in [0.05, 0.1) is 0 Å². The summed E-state index contributed by atoms with van der Waals surface area (Å²) in [7, 11) is 0. The second-order valence-corrected chi connectivity index (χ2v) is 3.12. The van der Waals surface area contributed by atoms with Gasteiger partial charge in [-0.1, -0.05) is 24.3 Å². The van der Waals surface area contributed by atoms with Crippen LogP contribution in [0, 0.1) is 0 Å². The van der Waals surface area contributed by atoms with Crippen molar-refractivity contribution in [2.75, 3.05) is 6.54 Å². The molecule has 0 spiro atoms. The van der Waals surface area contributed by atoms with Crippen LogP contribution in [-0.4, -0.2) is 12.8 Å². The molecule has 13 heavy (non-hydrogen) atoms. The smallest absolute Gasteiger partial charge is 0.154 e. The van der Waals surface area contributed by atoms with Gasteiger partial charge in [-0.2, -0.15) is 0 Å². The Morgan fingerprint density at radius 2 is 2.38 bits per heavy atom. The van der Waals surface area contributed by atoms with Gasteiger partial charge in [0.15, 0.2) is 6.23 Å². The second kappa shape index (κ2) is 3.62. The zero-order valence-corrected chi connectivity index (χ0v) is 7.49. The summed E-state index contributed by atoms with van der Waals surface area (Å²) in [4.78, 5) is 0. The standard InChI is InChI=1S/C11H13NO/c1-2-7-12-11-8-9-5-3-4-6-10(9)13-11/h2-6,11-12H,1,7-8H2. The average molecular weight is 175 g/mol. The van der Waals surface area contributed by atoms with E-state index in [2.05, 4.69) is 18.0 Å². The summed E-state index contributed by atoms with van der Waals surface area (Å²) in [6.45, 7) is 4.44. The molecule has 1 unspecified atom stereocenters. The molecule has 1 aliphatic rings. The number of para-hydroxylation sites is 1. The Labute approximate surface area is 78.2 Å². The fourth-order valence-electron chi connectivity index (χ4n) is 1.51. The van der Waals surface area contributed by atoms with Crippen LogP contribution in [0.25, 0.3) is 0 Å². The summed E-state index contributed by atoms with van der Waals surface area (Å²) < 4.78 is 5.65. The summed E-state index contributed by atoms with van der Waals surface area (Å²) >= 11 is 0. The first-order valence-corrected chi connectivity index (χ1v) is 4.49. The van der Waals surface area contributed by atoms with Crippen molar-refractivity contribution in [2.24, 2.45) is 0 Å². The van der Waals surface area contributed by atoms with E-state index in [1.807, 2.05) is 24.3 Å². The lowest BCUT2D eigenvalue weighted by atomic mass is 10.1. The summed E-state index contributed by atoms with van der Waals surface area (Å²) in [5.41, 5.74) is 1.28. The molecule has 0 bridgehead atoms. The van der Waals surface area contributed by atoms with Gasteiger partial charge < -0.3 is 4.74 Å². The van der Waals surface area contributed by atoms with Gasteiger partial charge in [-0.15, -0.1) is 6.58 Å². The Hall–Kier alpha value is -1.28. The van der Waals surface area contributed by atoms with Crippen LogP contribution in [0.4, 0.5) is 0 Å². The van der Waals surface area contributed by atoms with Crippen molar-refractivity contribution in [1.29, 1.82) is 0 Å². The third-order valence-electron chi connectivity index (χ3n) is 2.14. The van der Waals surface area contributed by atoms with Crippen molar-refractivity contribution in [3.63, 3.8) is 0 Å². The molecule has 1 aromatic carbocycles. The molecule has 0 aromatic heterocycles. The molecule has 1 N–H and O–H groups in total. The van der Waals surface area contributed by atoms with Gasteiger partial charge in [-0.3, -0.25) is 5.32 Å².